The van der Waals surface area contributed by atoms with Gasteiger partial charge in [-0.05, 0) is 35.9 Å². The second-order valence-electron chi connectivity index (χ2n) is 4.67. The second-order valence-corrected chi connectivity index (χ2v) is 4.67. The van der Waals surface area contributed by atoms with Crippen LogP contribution in [0.2, 0.25) is 0 Å². The molecule has 0 atom stereocenters. The summed E-state index contributed by atoms with van der Waals surface area (Å²) in [6, 6.07) is 11.9. The molecule has 3 aromatic rings. The molecule has 0 fully saturated rings. The standard InChI is InChI=1S/C16H14N4O2/c21-14-5-2-1-4-13(14)16(22)18-11-12-6-8-17-15(10-12)20-9-3-7-19-20/h1-10,21H,11H2,(H,18,22). The Hall–Kier alpha value is -3.15. The number of benzene rings is 1. The van der Waals surface area contributed by atoms with E-state index in [0.29, 0.717) is 12.4 Å². The molecule has 6 nitrogen and oxygen atoms in total. The molecule has 0 saturated heterocycles. The van der Waals surface area contributed by atoms with Crippen LogP contribution in [-0.4, -0.2) is 25.8 Å². The van der Waals surface area contributed by atoms with Gasteiger partial charge in [-0.1, -0.05) is 12.1 Å². The van der Waals surface area contributed by atoms with E-state index < -0.39 is 0 Å². The van der Waals surface area contributed by atoms with Gasteiger partial charge in [-0.3, -0.25) is 4.79 Å². The monoisotopic (exact) mass is 294 g/mol. The number of pyridine rings is 1. The average molecular weight is 294 g/mol. The molecule has 0 radical (unpaired) electrons. The van der Waals surface area contributed by atoms with E-state index in [4.69, 9.17) is 0 Å². The smallest absolute Gasteiger partial charge is 0.255 e. The Balaban J connectivity index is 1.71. The van der Waals surface area contributed by atoms with Crippen LogP contribution in [0.4, 0.5) is 0 Å². The maximum Gasteiger partial charge on any atom is 0.255 e. The van der Waals surface area contributed by atoms with Crippen LogP contribution >= 0.6 is 0 Å². The van der Waals surface area contributed by atoms with Gasteiger partial charge < -0.3 is 10.4 Å². The molecule has 22 heavy (non-hydrogen) atoms. The fourth-order valence-corrected chi connectivity index (χ4v) is 2.04. The maximum absolute atomic E-state index is 12.0. The molecule has 0 aliphatic carbocycles. The third kappa shape index (κ3) is 2.95. The Morgan fingerprint density at radius 2 is 2.05 bits per heavy atom. The first-order valence-electron chi connectivity index (χ1n) is 6.75. The lowest BCUT2D eigenvalue weighted by Gasteiger charge is -2.08. The molecule has 3 rings (SSSR count). The Bertz CT molecular complexity index is 784. The highest BCUT2D eigenvalue weighted by Crippen LogP contribution is 2.15. The highest BCUT2D eigenvalue weighted by atomic mass is 16.3. The van der Waals surface area contributed by atoms with E-state index in [1.807, 2.05) is 18.2 Å². The zero-order valence-corrected chi connectivity index (χ0v) is 11.7. The summed E-state index contributed by atoms with van der Waals surface area (Å²) in [6.07, 6.45) is 5.14. The molecule has 0 aliphatic heterocycles. The summed E-state index contributed by atoms with van der Waals surface area (Å²) >= 11 is 0. The largest absolute Gasteiger partial charge is 0.507 e. The molecule has 2 aromatic heterocycles. The Labute approximate surface area is 127 Å². The minimum Gasteiger partial charge on any atom is -0.507 e. The lowest BCUT2D eigenvalue weighted by atomic mass is 10.2. The molecule has 2 N–H and O–H groups in total. The van der Waals surface area contributed by atoms with E-state index in [2.05, 4.69) is 15.4 Å². The summed E-state index contributed by atoms with van der Waals surface area (Å²) in [5, 5.41) is 16.6. The number of phenolic OH excluding ortho intramolecular Hbond substituents is 1. The number of nitrogens with zero attached hydrogens (tertiary/aromatic N) is 3. The van der Waals surface area contributed by atoms with Crippen molar-refractivity contribution in [2.45, 2.75) is 6.54 Å². The second kappa shape index (κ2) is 6.09. The lowest BCUT2D eigenvalue weighted by Crippen LogP contribution is -2.23. The number of phenols is 1. The quantitative estimate of drug-likeness (QED) is 0.770. The topological polar surface area (TPSA) is 80.0 Å². The van der Waals surface area contributed by atoms with E-state index in [1.54, 1.807) is 41.5 Å². The normalized spacial score (nSPS) is 10.4. The lowest BCUT2D eigenvalue weighted by molar-refractivity contribution is 0.0948. The van der Waals surface area contributed by atoms with Crippen molar-refractivity contribution >= 4 is 5.91 Å². The molecule has 0 unspecified atom stereocenters. The first kappa shape index (κ1) is 13.8. The van der Waals surface area contributed by atoms with Crippen LogP contribution in [0.25, 0.3) is 5.82 Å². The van der Waals surface area contributed by atoms with Crippen LogP contribution in [-0.2, 0) is 6.54 Å². The van der Waals surface area contributed by atoms with Crippen LogP contribution in [0.3, 0.4) is 0 Å². The number of nitrogens with one attached hydrogen (secondary N) is 1. The van der Waals surface area contributed by atoms with Crippen molar-refractivity contribution in [3.63, 3.8) is 0 Å². The van der Waals surface area contributed by atoms with Gasteiger partial charge in [-0.2, -0.15) is 5.10 Å². The molecule has 0 aliphatic rings. The molecule has 1 amide bonds. The molecule has 0 spiro atoms. The molecule has 1 aromatic carbocycles. The van der Waals surface area contributed by atoms with Gasteiger partial charge in [0.25, 0.3) is 5.91 Å². The molecular weight excluding hydrogens is 280 g/mol. The van der Waals surface area contributed by atoms with Crippen LogP contribution in [0.1, 0.15) is 15.9 Å². The molecule has 0 bridgehead atoms. The molecule has 0 saturated carbocycles. The third-order valence-electron chi connectivity index (χ3n) is 3.15. The maximum atomic E-state index is 12.0. The number of aromatic nitrogens is 3. The van der Waals surface area contributed by atoms with Crippen LogP contribution in [0.5, 0.6) is 5.75 Å². The van der Waals surface area contributed by atoms with Gasteiger partial charge in [0.1, 0.15) is 5.75 Å². The summed E-state index contributed by atoms with van der Waals surface area (Å²) in [4.78, 5) is 16.3. The van der Waals surface area contributed by atoms with E-state index >= 15 is 0 Å². The number of hydrogen-bond acceptors (Lipinski definition) is 4. The van der Waals surface area contributed by atoms with Gasteiger partial charge in [0, 0.05) is 25.1 Å². The number of rotatable bonds is 4. The summed E-state index contributed by atoms with van der Waals surface area (Å²) in [6.45, 7) is 0.337. The predicted octanol–water partition coefficient (Wildman–Crippen LogP) is 1.90. The summed E-state index contributed by atoms with van der Waals surface area (Å²) in [5.41, 5.74) is 1.15. The fraction of sp³-hybridized carbons (Fsp3) is 0.0625. The summed E-state index contributed by atoms with van der Waals surface area (Å²) < 4.78 is 1.65. The molecular formula is C16H14N4O2. The highest BCUT2D eigenvalue weighted by Gasteiger charge is 2.09. The number of amides is 1. The van der Waals surface area contributed by atoms with Gasteiger partial charge in [0.05, 0.1) is 5.56 Å². The summed E-state index contributed by atoms with van der Waals surface area (Å²) in [7, 11) is 0. The first-order valence-corrected chi connectivity index (χ1v) is 6.75. The Kier molecular flexibility index (Phi) is 3.82. The van der Waals surface area contributed by atoms with Gasteiger partial charge >= 0.3 is 0 Å². The zero-order chi connectivity index (χ0) is 15.4. The Morgan fingerprint density at radius 1 is 1.18 bits per heavy atom. The van der Waals surface area contributed by atoms with E-state index in [9.17, 15) is 9.90 Å². The zero-order valence-electron chi connectivity index (χ0n) is 11.7. The predicted molar refractivity (Wildman–Crippen MR) is 80.6 cm³/mol. The third-order valence-corrected chi connectivity index (χ3v) is 3.15. The van der Waals surface area contributed by atoms with Crippen molar-refractivity contribution < 1.29 is 9.90 Å². The minimum atomic E-state index is -0.324. The van der Waals surface area contributed by atoms with Crippen molar-refractivity contribution in [3.8, 4) is 11.6 Å². The number of hydrogen-bond donors (Lipinski definition) is 2. The molecule has 110 valence electrons. The van der Waals surface area contributed by atoms with Gasteiger partial charge in [-0.15, -0.1) is 0 Å². The van der Waals surface area contributed by atoms with E-state index in [1.165, 1.54) is 6.07 Å². The van der Waals surface area contributed by atoms with Crippen molar-refractivity contribution in [2.24, 2.45) is 0 Å². The minimum absolute atomic E-state index is 0.0352. The summed E-state index contributed by atoms with van der Waals surface area (Å²) in [5.74, 6) is 0.321. The van der Waals surface area contributed by atoms with Gasteiger partial charge in [-0.25, -0.2) is 9.67 Å². The number of carbonyl (C=O) groups is 1. The number of para-hydroxylation sites is 1. The first-order chi connectivity index (χ1) is 10.7. The Morgan fingerprint density at radius 3 is 2.82 bits per heavy atom. The molecule has 2 heterocycles. The average Bonchev–Trinajstić information content (AvgIpc) is 3.08. The van der Waals surface area contributed by atoms with Gasteiger partial charge in [0.2, 0.25) is 0 Å². The van der Waals surface area contributed by atoms with Crippen LogP contribution < -0.4 is 5.32 Å². The van der Waals surface area contributed by atoms with E-state index in [-0.39, 0.29) is 17.2 Å². The highest BCUT2D eigenvalue weighted by molar-refractivity contribution is 5.96. The number of aromatic hydroxyl groups is 1. The van der Waals surface area contributed by atoms with Crippen LogP contribution in [0.15, 0.2) is 61.1 Å². The van der Waals surface area contributed by atoms with Gasteiger partial charge in [0.15, 0.2) is 5.82 Å². The number of carbonyl (C=O) groups excluding carboxylic acids is 1. The van der Waals surface area contributed by atoms with Crippen molar-refractivity contribution in [1.82, 2.24) is 20.1 Å². The van der Waals surface area contributed by atoms with E-state index in [0.717, 1.165) is 5.56 Å². The van der Waals surface area contributed by atoms with Crippen molar-refractivity contribution in [3.05, 3.63) is 72.2 Å². The SMILES string of the molecule is O=C(NCc1ccnc(-n2cccn2)c1)c1ccccc1O. The van der Waals surface area contributed by atoms with Crippen molar-refractivity contribution in [2.75, 3.05) is 0 Å². The molecule has 6 heteroatoms. The van der Waals surface area contributed by atoms with Crippen molar-refractivity contribution in [1.29, 1.82) is 0 Å². The van der Waals surface area contributed by atoms with Crippen LogP contribution in [0, 0.1) is 0 Å². The fourth-order valence-electron chi connectivity index (χ4n) is 2.04.